The van der Waals surface area contributed by atoms with E-state index in [-0.39, 0.29) is 6.54 Å². The first-order valence-electron chi connectivity index (χ1n) is 4.08. The van der Waals surface area contributed by atoms with E-state index in [0.29, 0.717) is 18.9 Å². The molecule has 1 aromatic heterocycles. The average molecular weight is 256 g/mol. The van der Waals surface area contributed by atoms with Gasteiger partial charge in [0.2, 0.25) is 5.82 Å². The van der Waals surface area contributed by atoms with Gasteiger partial charge in [0.1, 0.15) is 5.82 Å². The van der Waals surface area contributed by atoms with Crippen LogP contribution < -0.4 is 0 Å². The molecule has 0 unspecified atom stereocenters. The van der Waals surface area contributed by atoms with Crippen LogP contribution in [0.25, 0.3) is 0 Å². The molecule has 0 atom stereocenters. The number of hydrogen-bond donors (Lipinski definition) is 1. The summed E-state index contributed by atoms with van der Waals surface area (Å²) < 4.78 is 40.2. The highest BCUT2D eigenvalue weighted by atomic mass is 33.1. The summed E-state index contributed by atoms with van der Waals surface area (Å²) in [5, 5.41) is 6.69. The van der Waals surface area contributed by atoms with Crippen LogP contribution in [-0.4, -0.2) is 25.6 Å². The zero-order chi connectivity index (χ0) is 11.1. The number of nitrogens with zero attached hydrogens (tertiary/aromatic N) is 4. The van der Waals surface area contributed by atoms with Gasteiger partial charge < -0.3 is 4.57 Å². The first-order valence-corrected chi connectivity index (χ1v) is 5.90. The topological polar surface area (TPSA) is 34.0 Å². The predicted molar refractivity (Wildman–Crippen MR) is 52.0 cm³/mol. The number of halogens is 3. The normalized spacial score (nSPS) is 17.9. The predicted octanol–water partition coefficient (Wildman–Crippen LogP) is 1.61. The zero-order valence-corrected chi connectivity index (χ0v) is 9.11. The van der Waals surface area contributed by atoms with Crippen molar-refractivity contribution in [2.45, 2.75) is 19.3 Å². The lowest BCUT2D eigenvalue weighted by Crippen LogP contribution is -2.30. The van der Waals surface area contributed by atoms with Crippen LogP contribution in [0.3, 0.4) is 0 Å². The van der Waals surface area contributed by atoms with Gasteiger partial charge in [0, 0.05) is 13.1 Å². The van der Waals surface area contributed by atoms with E-state index in [1.165, 1.54) is 11.0 Å². The third-order valence-corrected chi connectivity index (χ3v) is 3.32. The second-order valence-electron chi connectivity index (χ2n) is 3.03. The van der Waals surface area contributed by atoms with E-state index >= 15 is 0 Å². The molecule has 1 aliphatic heterocycles. The Hall–Kier alpha value is -0.410. The van der Waals surface area contributed by atoms with E-state index in [0.717, 1.165) is 4.57 Å². The van der Waals surface area contributed by atoms with E-state index in [2.05, 4.69) is 21.9 Å². The van der Waals surface area contributed by atoms with Gasteiger partial charge in [-0.1, -0.05) is 11.7 Å². The molecule has 0 N–H and O–H groups in total. The Bertz CT molecular complexity index is 364. The smallest absolute Gasteiger partial charge is 0.305 e. The fraction of sp³-hybridized carbons (Fsp3) is 0.667. The van der Waals surface area contributed by atoms with Crippen LogP contribution in [0, 0.1) is 0 Å². The van der Waals surface area contributed by atoms with E-state index < -0.39 is 12.0 Å². The third-order valence-electron chi connectivity index (χ3n) is 2.09. The van der Waals surface area contributed by atoms with Gasteiger partial charge in [0.05, 0.1) is 6.54 Å². The highest BCUT2D eigenvalue weighted by Crippen LogP contribution is 2.30. The molecule has 2 heterocycles. The minimum absolute atomic E-state index is 0.241. The van der Waals surface area contributed by atoms with Crippen molar-refractivity contribution in [3.05, 3.63) is 11.6 Å². The van der Waals surface area contributed by atoms with Gasteiger partial charge >= 0.3 is 6.18 Å². The maximum absolute atomic E-state index is 12.4. The number of fused-ring (bicyclic) bond motifs is 1. The Morgan fingerprint density at radius 3 is 2.60 bits per heavy atom. The van der Waals surface area contributed by atoms with Gasteiger partial charge in [-0.25, -0.2) is 4.31 Å². The molecule has 15 heavy (non-hydrogen) atoms. The van der Waals surface area contributed by atoms with Crippen molar-refractivity contribution in [3.8, 4) is 0 Å². The summed E-state index contributed by atoms with van der Waals surface area (Å²) >= 11 is 3.98. The summed E-state index contributed by atoms with van der Waals surface area (Å²) in [7, 11) is 1.19. The minimum Gasteiger partial charge on any atom is -0.305 e. The van der Waals surface area contributed by atoms with Gasteiger partial charge in [0.25, 0.3) is 0 Å². The van der Waals surface area contributed by atoms with E-state index in [9.17, 15) is 13.2 Å². The average Bonchev–Trinajstić information content (AvgIpc) is 2.59. The molecule has 0 fully saturated rings. The standard InChI is InChI=1S/C6H7F3N4S2/c7-6(8,9)5-11-10-4-3-12(15-14)1-2-13(4)5/h14H,1-3H2. The molecule has 4 nitrogen and oxygen atoms in total. The number of rotatable bonds is 1. The number of thiol groups is 1. The maximum atomic E-state index is 12.4. The lowest BCUT2D eigenvalue weighted by atomic mass is 10.4. The summed E-state index contributed by atoms with van der Waals surface area (Å²) in [6, 6.07) is 0. The van der Waals surface area contributed by atoms with E-state index in [1.807, 2.05) is 4.31 Å². The fourth-order valence-corrected chi connectivity index (χ4v) is 2.17. The lowest BCUT2D eigenvalue weighted by molar-refractivity contribution is -0.147. The van der Waals surface area contributed by atoms with Crippen molar-refractivity contribution >= 4 is 22.6 Å². The molecular formula is C6H7F3N4S2. The van der Waals surface area contributed by atoms with Crippen LogP contribution in [0.2, 0.25) is 0 Å². The van der Waals surface area contributed by atoms with Crippen molar-refractivity contribution in [2.24, 2.45) is 0 Å². The third kappa shape index (κ3) is 2.08. The number of aromatic nitrogens is 3. The molecule has 9 heteroatoms. The highest BCUT2D eigenvalue weighted by molar-refractivity contribution is 8.67. The van der Waals surface area contributed by atoms with Crippen molar-refractivity contribution in [2.75, 3.05) is 6.54 Å². The lowest BCUT2D eigenvalue weighted by Gasteiger charge is -2.24. The quantitative estimate of drug-likeness (QED) is 0.470. The zero-order valence-electron chi connectivity index (χ0n) is 7.40. The first kappa shape index (κ1) is 11.1. The molecule has 0 bridgehead atoms. The molecule has 0 radical (unpaired) electrons. The van der Waals surface area contributed by atoms with Crippen LogP contribution in [-0.2, 0) is 19.3 Å². The summed E-state index contributed by atoms with van der Waals surface area (Å²) in [6.07, 6.45) is -4.43. The minimum atomic E-state index is -4.43. The second kappa shape index (κ2) is 3.87. The van der Waals surface area contributed by atoms with Crippen molar-refractivity contribution in [3.63, 3.8) is 0 Å². The summed E-state index contributed by atoms with van der Waals surface area (Å²) in [5.74, 6) is -0.587. The second-order valence-corrected chi connectivity index (χ2v) is 4.20. The van der Waals surface area contributed by atoms with Gasteiger partial charge in [-0.05, 0) is 11.0 Å². The van der Waals surface area contributed by atoms with Crippen LogP contribution in [0.1, 0.15) is 11.6 Å². The molecule has 1 aliphatic rings. The largest absolute Gasteiger partial charge is 0.451 e. The SMILES string of the molecule is FC(F)(F)c1nnc2n1CCN(SS)C2. The van der Waals surface area contributed by atoms with Crippen LogP contribution >= 0.6 is 22.6 Å². The molecular weight excluding hydrogens is 249 g/mol. The van der Waals surface area contributed by atoms with E-state index in [1.54, 1.807) is 0 Å². The molecule has 84 valence electrons. The molecule has 0 amide bonds. The van der Waals surface area contributed by atoms with Crippen molar-refractivity contribution in [1.82, 2.24) is 19.1 Å². The fourth-order valence-electron chi connectivity index (χ4n) is 1.41. The van der Waals surface area contributed by atoms with Crippen LogP contribution in [0.4, 0.5) is 13.2 Å². The number of alkyl halides is 3. The molecule has 0 saturated heterocycles. The van der Waals surface area contributed by atoms with E-state index in [4.69, 9.17) is 0 Å². The Morgan fingerprint density at radius 2 is 2.00 bits per heavy atom. The van der Waals surface area contributed by atoms with Gasteiger partial charge in [-0.15, -0.1) is 10.2 Å². The first-order chi connectivity index (χ1) is 7.02. The van der Waals surface area contributed by atoms with Gasteiger partial charge in [-0.2, -0.15) is 13.2 Å². The Morgan fingerprint density at radius 1 is 1.27 bits per heavy atom. The molecule has 1 aromatic rings. The molecule has 0 aromatic carbocycles. The summed E-state index contributed by atoms with van der Waals surface area (Å²) in [5.41, 5.74) is 0. The van der Waals surface area contributed by atoms with Gasteiger partial charge in [0.15, 0.2) is 0 Å². The molecule has 0 spiro atoms. The number of hydrogen-bond acceptors (Lipinski definition) is 5. The highest BCUT2D eigenvalue weighted by Gasteiger charge is 2.39. The summed E-state index contributed by atoms with van der Waals surface area (Å²) in [6.45, 7) is 1.07. The summed E-state index contributed by atoms with van der Waals surface area (Å²) in [4.78, 5) is 0. The van der Waals surface area contributed by atoms with Crippen LogP contribution in [0.5, 0.6) is 0 Å². The Kier molecular flexibility index (Phi) is 2.86. The van der Waals surface area contributed by atoms with Crippen molar-refractivity contribution < 1.29 is 13.2 Å². The monoisotopic (exact) mass is 256 g/mol. The molecule has 2 rings (SSSR count). The van der Waals surface area contributed by atoms with Crippen LogP contribution in [0.15, 0.2) is 0 Å². The van der Waals surface area contributed by atoms with Gasteiger partial charge in [-0.3, -0.25) is 0 Å². The molecule has 0 aliphatic carbocycles. The Labute approximate surface area is 92.8 Å². The van der Waals surface area contributed by atoms with Crippen molar-refractivity contribution in [1.29, 1.82) is 0 Å². The maximum Gasteiger partial charge on any atom is 0.451 e. The Balaban J connectivity index is 2.30. The molecule has 0 saturated carbocycles.